The summed E-state index contributed by atoms with van der Waals surface area (Å²) in [5, 5.41) is 3.22. The van der Waals surface area contributed by atoms with Crippen LogP contribution >= 0.6 is 0 Å². The molecule has 190 valence electrons. The average Bonchev–Trinajstić information content (AvgIpc) is 2.84. The van der Waals surface area contributed by atoms with Gasteiger partial charge >= 0.3 is 0 Å². The molecule has 2 amide bonds. The van der Waals surface area contributed by atoms with E-state index in [1.165, 1.54) is 18.2 Å². The van der Waals surface area contributed by atoms with Crippen molar-refractivity contribution < 1.29 is 19.1 Å². The molecule has 8 nitrogen and oxygen atoms in total. The number of nitrogens with two attached hydrogens (primary N) is 1. The number of aryl methyl sites for hydroxylation is 1. The first-order valence-electron chi connectivity index (χ1n) is 12.5. The summed E-state index contributed by atoms with van der Waals surface area (Å²) in [4.78, 5) is 30.3. The van der Waals surface area contributed by atoms with Gasteiger partial charge in [0.05, 0.1) is 6.61 Å². The van der Waals surface area contributed by atoms with Crippen molar-refractivity contribution in [3.8, 4) is 0 Å². The molecule has 0 bridgehead atoms. The molecule has 1 aliphatic carbocycles. The van der Waals surface area contributed by atoms with Crippen molar-refractivity contribution in [3.63, 3.8) is 0 Å². The van der Waals surface area contributed by atoms with E-state index in [1.54, 1.807) is 12.0 Å². The van der Waals surface area contributed by atoms with Crippen LogP contribution in [0.5, 0.6) is 0 Å². The molecule has 3 N–H and O–H groups in total. The number of benzene rings is 1. The van der Waals surface area contributed by atoms with Crippen molar-refractivity contribution in [2.45, 2.75) is 76.2 Å². The molecule has 1 saturated carbocycles. The number of carbonyl (C=O) groups is 2. The predicted octanol–water partition coefficient (Wildman–Crippen LogP) is 1.84. The molecular weight excluding hydrogens is 432 g/mol. The van der Waals surface area contributed by atoms with Gasteiger partial charge in [-0.2, -0.15) is 0 Å². The molecule has 2 atom stereocenters. The largest absolute Gasteiger partial charge is 0.383 e. The summed E-state index contributed by atoms with van der Waals surface area (Å²) in [7, 11) is 3.22. The summed E-state index contributed by atoms with van der Waals surface area (Å²) in [5.41, 5.74) is 8.50. The van der Waals surface area contributed by atoms with Gasteiger partial charge in [-0.05, 0) is 51.0 Å². The minimum absolute atomic E-state index is 0.0104. The Hall–Kier alpha value is -2.00. The number of hydrogen-bond acceptors (Lipinski definition) is 6. The standard InChI is InChI=1S/C26H42N4O4/c1-19-4-6-20(7-5-19)17-29(14-15-33-2)23-12-13-30(25(31)18-34-3)24(16-23)26(32)28-22-10-8-21(27)9-11-22/h4-7,21-24H,8-18,27H2,1-3H3,(H,28,32)/t21?,22?,23?,24-/m1/s1. The summed E-state index contributed by atoms with van der Waals surface area (Å²) < 4.78 is 10.5. The monoisotopic (exact) mass is 474 g/mol. The van der Waals surface area contributed by atoms with Crippen LogP contribution in [-0.2, 0) is 25.6 Å². The molecule has 3 rings (SSSR count). The van der Waals surface area contributed by atoms with Gasteiger partial charge in [0, 0.05) is 52.0 Å². The van der Waals surface area contributed by atoms with Gasteiger partial charge in [0.2, 0.25) is 11.8 Å². The van der Waals surface area contributed by atoms with Gasteiger partial charge in [0.25, 0.3) is 0 Å². The summed E-state index contributed by atoms with van der Waals surface area (Å²) in [5.74, 6) is -0.189. The lowest BCUT2D eigenvalue weighted by molar-refractivity contribution is -0.147. The van der Waals surface area contributed by atoms with Gasteiger partial charge in [-0.15, -0.1) is 0 Å². The van der Waals surface area contributed by atoms with Crippen LogP contribution < -0.4 is 11.1 Å². The highest BCUT2D eigenvalue weighted by atomic mass is 16.5. The number of amides is 2. The zero-order valence-electron chi connectivity index (χ0n) is 21.0. The maximum atomic E-state index is 13.4. The average molecular weight is 475 g/mol. The lowest BCUT2D eigenvalue weighted by Gasteiger charge is -2.43. The Morgan fingerprint density at radius 3 is 2.44 bits per heavy atom. The molecule has 1 aliphatic heterocycles. The van der Waals surface area contributed by atoms with Gasteiger partial charge in [-0.1, -0.05) is 29.8 Å². The first-order valence-corrected chi connectivity index (χ1v) is 12.5. The number of piperidine rings is 1. The molecule has 0 aromatic heterocycles. The lowest BCUT2D eigenvalue weighted by Crippen LogP contribution is -2.59. The van der Waals surface area contributed by atoms with Crippen LogP contribution in [0.4, 0.5) is 0 Å². The van der Waals surface area contributed by atoms with Crippen LogP contribution in [0.15, 0.2) is 24.3 Å². The number of likely N-dealkylation sites (tertiary alicyclic amines) is 1. The Morgan fingerprint density at radius 1 is 1.09 bits per heavy atom. The van der Waals surface area contributed by atoms with Crippen molar-refractivity contribution in [2.24, 2.45) is 5.73 Å². The minimum atomic E-state index is -0.500. The fraction of sp³-hybridized carbons (Fsp3) is 0.692. The van der Waals surface area contributed by atoms with Crippen LogP contribution in [0.1, 0.15) is 49.7 Å². The van der Waals surface area contributed by atoms with E-state index in [9.17, 15) is 9.59 Å². The maximum Gasteiger partial charge on any atom is 0.249 e. The van der Waals surface area contributed by atoms with Gasteiger partial charge in [-0.3, -0.25) is 14.5 Å². The zero-order valence-corrected chi connectivity index (χ0v) is 21.0. The van der Waals surface area contributed by atoms with Crippen LogP contribution in [0, 0.1) is 6.92 Å². The van der Waals surface area contributed by atoms with Crippen molar-refractivity contribution in [3.05, 3.63) is 35.4 Å². The van der Waals surface area contributed by atoms with Crippen molar-refractivity contribution in [1.29, 1.82) is 0 Å². The van der Waals surface area contributed by atoms with Gasteiger partial charge in [-0.25, -0.2) is 0 Å². The Bertz CT molecular complexity index is 780. The zero-order chi connectivity index (χ0) is 24.5. The molecule has 2 fully saturated rings. The lowest BCUT2D eigenvalue weighted by atomic mass is 9.90. The highest BCUT2D eigenvalue weighted by Crippen LogP contribution is 2.25. The SMILES string of the molecule is COCCN(Cc1ccc(C)cc1)C1CCN(C(=O)COC)[C@@H](C(=O)NC2CCC(N)CC2)C1. The van der Waals surface area contributed by atoms with E-state index in [2.05, 4.69) is 41.4 Å². The third-order valence-electron chi connectivity index (χ3n) is 7.19. The Morgan fingerprint density at radius 2 is 1.79 bits per heavy atom. The third kappa shape index (κ3) is 7.50. The normalized spacial score (nSPS) is 25.4. The second-order valence-electron chi connectivity index (χ2n) is 9.78. The van der Waals surface area contributed by atoms with E-state index in [-0.39, 0.29) is 36.5 Å². The van der Waals surface area contributed by atoms with E-state index >= 15 is 0 Å². The van der Waals surface area contributed by atoms with E-state index in [0.717, 1.165) is 45.2 Å². The number of methoxy groups -OCH3 is 2. The molecule has 1 aromatic carbocycles. The molecule has 1 unspecified atom stereocenters. The highest BCUT2D eigenvalue weighted by Gasteiger charge is 2.38. The van der Waals surface area contributed by atoms with Crippen LogP contribution in [0.2, 0.25) is 0 Å². The van der Waals surface area contributed by atoms with Crippen molar-refractivity contribution >= 4 is 11.8 Å². The molecule has 0 spiro atoms. The topological polar surface area (TPSA) is 97.1 Å². The molecule has 2 aliphatic rings. The van der Waals surface area contributed by atoms with E-state index < -0.39 is 6.04 Å². The number of hydrogen-bond donors (Lipinski definition) is 2. The minimum Gasteiger partial charge on any atom is -0.383 e. The predicted molar refractivity (Wildman–Crippen MR) is 132 cm³/mol. The van der Waals surface area contributed by atoms with Crippen LogP contribution in [-0.4, -0.2) is 86.3 Å². The number of ether oxygens (including phenoxy) is 2. The Balaban J connectivity index is 1.73. The van der Waals surface area contributed by atoms with Gasteiger partial charge in [0.1, 0.15) is 12.6 Å². The van der Waals surface area contributed by atoms with E-state index in [1.807, 2.05) is 0 Å². The molecule has 1 saturated heterocycles. The maximum absolute atomic E-state index is 13.4. The molecular formula is C26H42N4O4. The smallest absolute Gasteiger partial charge is 0.249 e. The summed E-state index contributed by atoms with van der Waals surface area (Å²) in [6, 6.07) is 8.60. The molecule has 1 heterocycles. The molecule has 8 heteroatoms. The van der Waals surface area contributed by atoms with Crippen molar-refractivity contribution in [2.75, 3.05) is 40.5 Å². The molecule has 1 aromatic rings. The van der Waals surface area contributed by atoms with Gasteiger partial charge < -0.3 is 25.4 Å². The Labute approximate surface area is 204 Å². The Kier molecular flexibility index (Phi) is 10.3. The second-order valence-corrected chi connectivity index (χ2v) is 9.78. The fourth-order valence-corrected chi connectivity index (χ4v) is 5.12. The van der Waals surface area contributed by atoms with Gasteiger partial charge in [0.15, 0.2) is 0 Å². The van der Waals surface area contributed by atoms with Crippen LogP contribution in [0.3, 0.4) is 0 Å². The second kappa shape index (κ2) is 13.2. The van der Waals surface area contributed by atoms with E-state index in [0.29, 0.717) is 19.6 Å². The number of carbonyl (C=O) groups excluding carboxylic acids is 2. The van der Waals surface area contributed by atoms with E-state index in [4.69, 9.17) is 15.2 Å². The van der Waals surface area contributed by atoms with Crippen LogP contribution in [0.25, 0.3) is 0 Å². The number of rotatable bonds is 10. The molecule has 0 radical (unpaired) electrons. The molecule has 34 heavy (non-hydrogen) atoms. The summed E-state index contributed by atoms with van der Waals surface area (Å²) in [6.07, 6.45) is 5.04. The quantitative estimate of drug-likeness (QED) is 0.537. The first-order chi connectivity index (χ1) is 16.4. The number of nitrogens with zero attached hydrogens (tertiary/aromatic N) is 2. The third-order valence-corrected chi connectivity index (χ3v) is 7.19. The number of nitrogens with one attached hydrogen (secondary N) is 1. The fourth-order valence-electron chi connectivity index (χ4n) is 5.12. The highest BCUT2D eigenvalue weighted by molar-refractivity contribution is 5.88. The summed E-state index contributed by atoms with van der Waals surface area (Å²) in [6.45, 7) is 4.79. The summed E-state index contributed by atoms with van der Waals surface area (Å²) >= 11 is 0. The van der Waals surface area contributed by atoms with Crippen molar-refractivity contribution in [1.82, 2.24) is 15.1 Å². The first kappa shape index (κ1) is 26.6.